The molecule has 0 radical (unpaired) electrons. The number of anilines is 1. The van der Waals surface area contributed by atoms with E-state index in [4.69, 9.17) is 11.6 Å². The molecule has 0 aliphatic carbocycles. The smallest absolute Gasteiger partial charge is 0.354 e. The molecule has 1 atom stereocenters. The van der Waals surface area contributed by atoms with Crippen molar-refractivity contribution in [1.29, 1.82) is 0 Å². The number of alkyl halides is 3. The molecule has 0 saturated heterocycles. The molecule has 238 valence electrons. The molecule has 3 aromatic rings. The summed E-state index contributed by atoms with van der Waals surface area (Å²) in [5.74, 6) is -0.713. The Morgan fingerprint density at radius 2 is 1.61 bits per heavy atom. The van der Waals surface area contributed by atoms with Crippen molar-refractivity contribution in [2.45, 2.75) is 57.8 Å². The summed E-state index contributed by atoms with van der Waals surface area (Å²) in [6.45, 7) is 2.32. The van der Waals surface area contributed by atoms with Gasteiger partial charge >= 0.3 is 6.18 Å². The van der Waals surface area contributed by atoms with Gasteiger partial charge in [-0.3, -0.25) is 13.9 Å². The first-order chi connectivity index (χ1) is 20.8. The SMILES string of the molecule is CCCCNC(=O)[C@@H](Cc1ccccc1)N(Cc1ccc(Cl)cc1)C(=O)CCCN(c1cccc(C(F)(F)F)c1)S(C)(=O)=O. The van der Waals surface area contributed by atoms with Gasteiger partial charge in [0.2, 0.25) is 21.8 Å². The first-order valence-electron chi connectivity index (χ1n) is 14.3. The molecule has 0 aromatic heterocycles. The number of benzene rings is 3. The van der Waals surface area contributed by atoms with Crippen molar-refractivity contribution in [3.63, 3.8) is 0 Å². The van der Waals surface area contributed by atoms with Crippen molar-refractivity contribution >= 4 is 39.1 Å². The molecule has 0 heterocycles. The molecular formula is C32H37ClF3N3O4S. The van der Waals surface area contributed by atoms with Crippen molar-refractivity contribution in [3.05, 3.63) is 101 Å². The fraction of sp³-hybridized carbons (Fsp3) is 0.375. The van der Waals surface area contributed by atoms with Crippen molar-refractivity contribution < 1.29 is 31.2 Å². The molecule has 0 fully saturated rings. The number of hydrogen-bond acceptors (Lipinski definition) is 4. The lowest BCUT2D eigenvalue weighted by Gasteiger charge is -2.32. The quantitative estimate of drug-likeness (QED) is 0.191. The normalized spacial score (nSPS) is 12.4. The van der Waals surface area contributed by atoms with Crippen molar-refractivity contribution in [2.24, 2.45) is 0 Å². The molecule has 7 nitrogen and oxygen atoms in total. The van der Waals surface area contributed by atoms with Gasteiger partial charge in [0.05, 0.1) is 17.5 Å². The summed E-state index contributed by atoms with van der Waals surface area (Å²) in [6, 6.07) is 19.4. The topological polar surface area (TPSA) is 86.8 Å². The summed E-state index contributed by atoms with van der Waals surface area (Å²) in [5.41, 5.74) is 0.463. The molecular weight excluding hydrogens is 615 g/mol. The Morgan fingerprint density at radius 1 is 0.932 bits per heavy atom. The van der Waals surface area contributed by atoms with Gasteiger partial charge in [0.1, 0.15) is 6.04 Å². The van der Waals surface area contributed by atoms with E-state index < -0.39 is 33.7 Å². The number of sulfonamides is 1. The van der Waals surface area contributed by atoms with E-state index in [0.717, 1.165) is 52.7 Å². The molecule has 0 spiro atoms. The zero-order chi connectivity index (χ0) is 32.3. The third-order valence-electron chi connectivity index (χ3n) is 6.98. The molecule has 0 aliphatic rings. The van der Waals surface area contributed by atoms with Gasteiger partial charge in [-0.15, -0.1) is 0 Å². The molecule has 0 aliphatic heterocycles. The van der Waals surface area contributed by atoms with Gasteiger partial charge in [-0.2, -0.15) is 13.2 Å². The number of carbonyl (C=O) groups is 2. The third kappa shape index (κ3) is 10.6. The lowest BCUT2D eigenvalue weighted by atomic mass is 10.0. The Bertz CT molecular complexity index is 1490. The van der Waals surface area contributed by atoms with E-state index in [-0.39, 0.29) is 43.9 Å². The van der Waals surface area contributed by atoms with Crippen LogP contribution in [0.2, 0.25) is 5.02 Å². The Hall–Kier alpha value is -3.57. The van der Waals surface area contributed by atoms with Gasteiger partial charge in [-0.05, 0) is 54.3 Å². The average molecular weight is 652 g/mol. The zero-order valence-corrected chi connectivity index (χ0v) is 26.3. The van der Waals surface area contributed by atoms with E-state index in [2.05, 4.69) is 5.32 Å². The minimum atomic E-state index is -4.65. The zero-order valence-electron chi connectivity index (χ0n) is 24.7. The highest BCUT2D eigenvalue weighted by Gasteiger charge is 2.32. The standard InChI is InChI=1S/C32H37ClF3N3O4S/c1-3-4-19-37-31(41)29(21-24-10-6-5-7-11-24)38(23-25-15-17-27(33)18-16-25)30(40)14-9-20-39(44(2,42)43)28-13-8-12-26(22-28)32(34,35)36/h5-8,10-13,15-18,22,29H,3-4,9,14,19-21,23H2,1-2H3,(H,37,41)/t29-/m1/s1. The van der Waals surface area contributed by atoms with E-state index in [1.165, 1.54) is 11.0 Å². The van der Waals surface area contributed by atoms with Crippen LogP contribution in [-0.2, 0) is 38.8 Å². The van der Waals surface area contributed by atoms with Crippen LogP contribution in [0.3, 0.4) is 0 Å². The third-order valence-corrected chi connectivity index (χ3v) is 8.43. The second-order valence-corrected chi connectivity index (χ2v) is 12.8. The fourth-order valence-corrected chi connectivity index (χ4v) is 5.77. The molecule has 0 saturated carbocycles. The number of rotatable bonds is 15. The van der Waals surface area contributed by atoms with Gasteiger partial charge in [0.25, 0.3) is 0 Å². The van der Waals surface area contributed by atoms with Crippen LogP contribution >= 0.6 is 11.6 Å². The maximum atomic E-state index is 13.8. The summed E-state index contributed by atoms with van der Waals surface area (Å²) < 4.78 is 66.0. The summed E-state index contributed by atoms with van der Waals surface area (Å²) in [4.78, 5) is 28.8. The van der Waals surface area contributed by atoms with Gasteiger partial charge in [0, 0.05) is 37.5 Å². The van der Waals surface area contributed by atoms with E-state index >= 15 is 0 Å². The van der Waals surface area contributed by atoms with Crippen LogP contribution in [0, 0.1) is 0 Å². The number of unbranched alkanes of at least 4 members (excludes halogenated alkanes) is 1. The van der Waals surface area contributed by atoms with Crippen LogP contribution in [0.4, 0.5) is 18.9 Å². The first kappa shape index (κ1) is 34.9. The van der Waals surface area contributed by atoms with Crippen LogP contribution < -0.4 is 9.62 Å². The van der Waals surface area contributed by atoms with Crippen LogP contribution in [0.5, 0.6) is 0 Å². The average Bonchev–Trinajstić information content (AvgIpc) is 2.97. The molecule has 3 rings (SSSR count). The Balaban J connectivity index is 1.88. The predicted molar refractivity (Wildman–Crippen MR) is 167 cm³/mol. The summed E-state index contributed by atoms with van der Waals surface area (Å²) in [5, 5.41) is 3.45. The first-order valence-corrected chi connectivity index (χ1v) is 16.5. The van der Waals surface area contributed by atoms with E-state index in [1.54, 1.807) is 24.3 Å². The van der Waals surface area contributed by atoms with E-state index in [1.807, 2.05) is 37.3 Å². The largest absolute Gasteiger partial charge is 0.416 e. The highest BCUT2D eigenvalue weighted by atomic mass is 35.5. The number of amides is 2. The van der Waals surface area contributed by atoms with Crippen LogP contribution in [0.25, 0.3) is 0 Å². The molecule has 12 heteroatoms. The number of halogens is 4. The Labute approximate surface area is 262 Å². The number of carbonyl (C=O) groups excluding carboxylic acids is 2. The van der Waals surface area contributed by atoms with Crippen molar-refractivity contribution in [1.82, 2.24) is 10.2 Å². The maximum absolute atomic E-state index is 13.8. The fourth-order valence-electron chi connectivity index (χ4n) is 4.69. The number of nitrogens with zero attached hydrogens (tertiary/aromatic N) is 2. The molecule has 0 unspecified atom stereocenters. The predicted octanol–water partition coefficient (Wildman–Crippen LogP) is 6.46. The van der Waals surface area contributed by atoms with Crippen LogP contribution in [0.1, 0.15) is 49.3 Å². The lowest BCUT2D eigenvalue weighted by Crippen LogP contribution is -2.50. The van der Waals surface area contributed by atoms with Gasteiger partial charge < -0.3 is 10.2 Å². The second kappa shape index (κ2) is 15.9. The maximum Gasteiger partial charge on any atom is 0.416 e. The lowest BCUT2D eigenvalue weighted by molar-refractivity contribution is -0.141. The molecule has 44 heavy (non-hydrogen) atoms. The number of hydrogen-bond donors (Lipinski definition) is 1. The number of nitrogens with one attached hydrogen (secondary N) is 1. The van der Waals surface area contributed by atoms with Crippen LogP contribution in [0.15, 0.2) is 78.9 Å². The van der Waals surface area contributed by atoms with Crippen molar-refractivity contribution in [3.8, 4) is 0 Å². The van der Waals surface area contributed by atoms with Crippen LogP contribution in [-0.4, -0.2) is 50.5 Å². The summed E-state index contributed by atoms with van der Waals surface area (Å²) in [7, 11) is -3.97. The highest BCUT2D eigenvalue weighted by molar-refractivity contribution is 7.92. The second-order valence-electron chi connectivity index (χ2n) is 10.5. The minimum Gasteiger partial charge on any atom is -0.354 e. The Kier molecular flexibility index (Phi) is 12.7. The van der Waals surface area contributed by atoms with Gasteiger partial charge in [-0.1, -0.05) is 73.5 Å². The summed E-state index contributed by atoms with van der Waals surface area (Å²) >= 11 is 6.06. The molecule has 2 amide bonds. The molecule has 0 bridgehead atoms. The Morgan fingerprint density at radius 3 is 2.23 bits per heavy atom. The van der Waals surface area contributed by atoms with E-state index in [9.17, 15) is 31.2 Å². The minimum absolute atomic E-state index is 0.00871. The van der Waals surface area contributed by atoms with E-state index in [0.29, 0.717) is 11.6 Å². The molecule has 1 N–H and O–H groups in total. The monoisotopic (exact) mass is 651 g/mol. The summed E-state index contributed by atoms with van der Waals surface area (Å²) in [6.07, 6.45) is -1.99. The van der Waals surface area contributed by atoms with Gasteiger partial charge in [-0.25, -0.2) is 8.42 Å². The van der Waals surface area contributed by atoms with Crippen molar-refractivity contribution in [2.75, 3.05) is 23.7 Å². The highest BCUT2D eigenvalue weighted by Crippen LogP contribution is 2.32. The van der Waals surface area contributed by atoms with Gasteiger partial charge in [0.15, 0.2) is 0 Å². The molecule has 3 aromatic carbocycles.